The van der Waals surface area contributed by atoms with E-state index in [0.29, 0.717) is 0 Å². The van der Waals surface area contributed by atoms with Gasteiger partial charge in [-0.25, -0.2) is 0 Å². The van der Waals surface area contributed by atoms with Gasteiger partial charge in [0, 0.05) is 22.5 Å². The van der Waals surface area contributed by atoms with Gasteiger partial charge in [0.2, 0.25) is 0 Å². The molecule has 0 heterocycles. The Morgan fingerprint density at radius 1 is 0.333 bits per heavy atom. The predicted molar refractivity (Wildman–Crippen MR) is 238 cm³/mol. The summed E-state index contributed by atoms with van der Waals surface area (Å²) in [6.07, 6.45) is 0. The molecule has 1 spiro atoms. The van der Waals surface area contributed by atoms with Gasteiger partial charge in [-0.1, -0.05) is 178 Å². The standard InChI is InChI=1S/C56H39N/c1-55(2)48-25-12-9-23-44(48)47-34-39(30-33-49(47)55)57(38-19-7-4-8-20-38)40-29-32-45-42-21-10-13-26-50(42)56(52(45)35-40)51-27-14-11-22-43(51)46-24-15-18-37-28-31-41(54(56)53(37)46)36-16-5-3-6-17-36/h3-35H,1-2H3. The molecule has 3 aliphatic carbocycles. The van der Waals surface area contributed by atoms with Crippen LogP contribution in [0, 0.1) is 0 Å². The fourth-order valence-electron chi connectivity index (χ4n) is 10.9. The van der Waals surface area contributed by atoms with Crippen LogP contribution in [0.3, 0.4) is 0 Å². The third kappa shape index (κ3) is 4.29. The number of hydrogen-bond acceptors (Lipinski definition) is 1. The lowest BCUT2D eigenvalue weighted by Crippen LogP contribution is -2.32. The molecule has 0 fully saturated rings. The van der Waals surface area contributed by atoms with Gasteiger partial charge in [-0.05, 0) is 125 Å². The molecule has 0 aliphatic heterocycles. The Labute approximate surface area is 334 Å². The van der Waals surface area contributed by atoms with Gasteiger partial charge in [0.05, 0.1) is 5.41 Å². The van der Waals surface area contributed by atoms with Crippen molar-refractivity contribution in [1.29, 1.82) is 0 Å². The quantitative estimate of drug-likeness (QED) is 0.175. The van der Waals surface area contributed by atoms with Crippen molar-refractivity contribution in [3.05, 3.63) is 234 Å². The van der Waals surface area contributed by atoms with Gasteiger partial charge in [-0.3, -0.25) is 0 Å². The average molecular weight is 726 g/mol. The predicted octanol–water partition coefficient (Wildman–Crippen LogP) is 14.6. The summed E-state index contributed by atoms with van der Waals surface area (Å²) in [4.78, 5) is 2.46. The van der Waals surface area contributed by atoms with Crippen LogP contribution in [0.1, 0.15) is 47.2 Å². The SMILES string of the molecule is CC1(C)c2ccccc2-c2cc(N(c3ccccc3)c3ccc4c(c3)C3(c5ccccc5-4)c4ccccc4-c4cccc5ccc(-c6ccccc6)c3c45)ccc21. The Morgan fingerprint density at radius 3 is 1.60 bits per heavy atom. The van der Waals surface area contributed by atoms with Crippen LogP contribution in [0.2, 0.25) is 0 Å². The zero-order chi connectivity index (χ0) is 37.9. The molecule has 12 rings (SSSR count). The number of benzene rings is 9. The largest absolute Gasteiger partial charge is 0.310 e. The van der Waals surface area contributed by atoms with E-state index >= 15 is 0 Å². The van der Waals surface area contributed by atoms with Crippen LogP contribution in [-0.4, -0.2) is 0 Å². The highest BCUT2D eigenvalue weighted by Crippen LogP contribution is 2.64. The van der Waals surface area contributed by atoms with Gasteiger partial charge in [-0.2, -0.15) is 0 Å². The average Bonchev–Trinajstić information content (AvgIpc) is 3.68. The van der Waals surface area contributed by atoms with E-state index in [4.69, 9.17) is 0 Å². The van der Waals surface area contributed by atoms with Crippen molar-refractivity contribution in [2.24, 2.45) is 0 Å². The molecule has 57 heavy (non-hydrogen) atoms. The molecule has 9 aromatic rings. The fourth-order valence-corrected chi connectivity index (χ4v) is 10.9. The molecule has 0 amide bonds. The Morgan fingerprint density at radius 2 is 0.860 bits per heavy atom. The summed E-state index contributed by atoms with van der Waals surface area (Å²) in [5.74, 6) is 0. The number of hydrogen-bond donors (Lipinski definition) is 0. The van der Waals surface area contributed by atoms with Crippen LogP contribution in [0.5, 0.6) is 0 Å². The first-order valence-corrected chi connectivity index (χ1v) is 20.1. The minimum atomic E-state index is -0.569. The number of anilines is 3. The molecule has 3 aliphatic rings. The minimum Gasteiger partial charge on any atom is -0.310 e. The molecular weight excluding hydrogens is 687 g/mol. The van der Waals surface area contributed by atoms with Gasteiger partial charge < -0.3 is 4.90 Å². The van der Waals surface area contributed by atoms with Crippen molar-refractivity contribution in [2.75, 3.05) is 4.90 Å². The first kappa shape index (κ1) is 32.3. The topological polar surface area (TPSA) is 3.24 Å². The van der Waals surface area contributed by atoms with Crippen LogP contribution in [0.4, 0.5) is 17.1 Å². The highest BCUT2D eigenvalue weighted by molar-refractivity contribution is 6.10. The third-order valence-corrected chi connectivity index (χ3v) is 13.3. The van der Waals surface area contributed by atoms with Gasteiger partial charge in [0.15, 0.2) is 0 Å². The highest BCUT2D eigenvalue weighted by atomic mass is 15.1. The lowest BCUT2D eigenvalue weighted by molar-refractivity contribution is 0.660. The highest BCUT2D eigenvalue weighted by Gasteiger charge is 2.51. The van der Waals surface area contributed by atoms with E-state index in [1.165, 1.54) is 88.7 Å². The Kier molecular flexibility index (Phi) is 6.67. The molecule has 0 bridgehead atoms. The maximum atomic E-state index is 2.52. The van der Waals surface area contributed by atoms with Crippen LogP contribution >= 0.6 is 0 Å². The van der Waals surface area contributed by atoms with E-state index in [-0.39, 0.29) is 5.41 Å². The van der Waals surface area contributed by atoms with Crippen molar-refractivity contribution >= 4 is 27.8 Å². The second-order valence-corrected chi connectivity index (χ2v) is 16.4. The number of para-hydroxylation sites is 1. The van der Waals surface area contributed by atoms with Crippen molar-refractivity contribution in [2.45, 2.75) is 24.7 Å². The van der Waals surface area contributed by atoms with E-state index in [2.05, 4.69) is 219 Å². The first-order valence-electron chi connectivity index (χ1n) is 20.1. The van der Waals surface area contributed by atoms with Gasteiger partial charge in [0.1, 0.15) is 0 Å². The Balaban J connectivity index is 1.18. The Hall–Kier alpha value is -6.96. The van der Waals surface area contributed by atoms with Crippen LogP contribution < -0.4 is 4.90 Å². The van der Waals surface area contributed by atoms with Crippen molar-refractivity contribution in [3.63, 3.8) is 0 Å². The van der Waals surface area contributed by atoms with Gasteiger partial charge >= 0.3 is 0 Å². The number of rotatable bonds is 4. The maximum Gasteiger partial charge on any atom is 0.0732 e. The maximum absolute atomic E-state index is 2.52. The van der Waals surface area contributed by atoms with Gasteiger partial charge in [0.25, 0.3) is 0 Å². The smallest absolute Gasteiger partial charge is 0.0732 e. The molecule has 1 atom stereocenters. The molecule has 1 nitrogen and oxygen atoms in total. The summed E-state index contributed by atoms with van der Waals surface area (Å²) in [6, 6.07) is 75.1. The summed E-state index contributed by atoms with van der Waals surface area (Å²) in [5.41, 5.74) is 21.3. The molecule has 0 radical (unpaired) electrons. The van der Waals surface area contributed by atoms with E-state index in [1.807, 2.05) is 0 Å². The lowest BCUT2D eigenvalue weighted by atomic mass is 9.60. The molecular formula is C56H39N. The van der Waals surface area contributed by atoms with Crippen LogP contribution in [-0.2, 0) is 10.8 Å². The van der Waals surface area contributed by atoms with E-state index in [9.17, 15) is 0 Å². The molecule has 0 saturated carbocycles. The Bertz CT molecular complexity index is 3100. The lowest BCUT2D eigenvalue weighted by Gasteiger charge is -2.41. The van der Waals surface area contributed by atoms with E-state index in [1.54, 1.807) is 0 Å². The number of nitrogens with zero attached hydrogens (tertiary/aromatic N) is 1. The van der Waals surface area contributed by atoms with Crippen LogP contribution in [0.15, 0.2) is 200 Å². The van der Waals surface area contributed by atoms with Gasteiger partial charge in [-0.15, -0.1) is 0 Å². The summed E-state index contributed by atoms with van der Waals surface area (Å²) < 4.78 is 0. The monoisotopic (exact) mass is 725 g/mol. The zero-order valence-corrected chi connectivity index (χ0v) is 32.0. The molecule has 268 valence electrons. The van der Waals surface area contributed by atoms with E-state index < -0.39 is 5.41 Å². The molecule has 0 saturated heterocycles. The molecule has 0 N–H and O–H groups in total. The number of fused-ring (bicyclic) bond motifs is 12. The van der Waals surface area contributed by atoms with Crippen molar-refractivity contribution in [1.82, 2.24) is 0 Å². The summed E-state index contributed by atoms with van der Waals surface area (Å²) in [5, 5.41) is 2.61. The van der Waals surface area contributed by atoms with Crippen molar-refractivity contribution in [3.8, 4) is 44.5 Å². The third-order valence-electron chi connectivity index (χ3n) is 13.3. The minimum absolute atomic E-state index is 0.0596. The zero-order valence-electron chi connectivity index (χ0n) is 32.0. The summed E-state index contributed by atoms with van der Waals surface area (Å²) in [6.45, 7) is 4.71. The normalized spacial score (nSPS) is 16.1. The molecule has 9 aromatic carbocycles. The second kappa shape index (κ2) is 11.8. The van der Waals surface area contributed by atoms with E-state index in [0.717, 1.165) is 17.1 Å². The summed E-state index contributed by atoms with van der Waals surface area (Å²) >= 11 is 0. The molecule has 1 unspecified atom stereocenters. The second-order valence-electron chi connectivity index (χ2n) is 16.4. The van der Waals surface area contributed by atoms with Crippen molar-refractivity contribution < 1.29 is 0 Å². The first-order chi connectivity index (χ1) is 28.0. The fraction of sp³-hybridized carbons (Fsp3) is 0.0714. The molecule has 1 heteroatoms. The summed E-state index contributed by atoms with van der Waals surface area (Å²) in [7, 11) is 0. The van der Waals surface area contributed by atoms with Crippen LogP contribution in [0.25, 0.3) is 55.3 Å². The molecule has 0 aromatic heterocycles.